The van der Waals surface area contributed by atoms with Crippen LogP contribution in [0.25, 0.3) is 11.1 Å². The molecule has 0 atom stereocenters. The van der Waals surface area contributed by atoms with E-state index in [9.17, 15) is 9.90 Å². The van der Waals surface area contributed by atoms with Gasteiger partial charge in [-0.1, -0.05) is 24.3 Å². The average Bonchev–Trinajstić information content (AvgIpc) is 2.37. The quantitative estimate of drug-likeness (QED) is 0.751. The normalized spacial score (nSPS) is 12.8. The highest BCUT2D eigenvalue weighted by Gasteiger charge is 2.26. The Balaban J connectivity index is 2.26. The molecule has 1 aliphatic rings. The molecule has 2 heterocycles. The molecule has 1 aromatic heterocycles. The molecule has 0 spiro atoms. The van der Waals surface area contributed by atoms with Crippen LogP contribution < -0.4 is 4.90 Å². The van der Waals surface area contributed by atoms with Gasteiger partial charge in [0.25, 0.3) is 0 Å². The van der Waals surface area contributed by atoms with Crippen molar-refractivity contribution in [1.29, 1.82) is 0 Å². The topological polar surface area (TPSA) is 53.4 Å². The Bertz CT molecular complexity index is 595. The molecule has 0 bridgehead atoms. The molecule has 4 heteroatoms. The molecule has 0 saturated heterocycles. The number of carboxylic acid groups (broad SMARTS) is 1. The molecule has 1 N–H and O–H groups in total. The molecule has 3 rings (SSSR count). The van der Waals surface area contributed by atoms with Crippen LogP contribution >= 0.6 is 0 Å². The molecule has 0 fully saturated rings. The summed E-state index contributed by atoms with van der Waals surface area (Å²) in [5.74, 6) is 0. The van der Waals surface area contributed by atoms with Crippen molar-refractivity contribution in [1.82, 2.24) is 4.98 Å². The maximum atomic E-state index is 11.2. The van der Waals surface area contributed by atoms with Crippen LogP contribution in [0.1, 0.15) is 5.69 Å². The van der Waals surface area contributed by atoms with E-state index in [0.29, 0.717) is 6.54 Å². The molecule has 4 nitrogen and oxygen atoms in total. The predicted octanol–water partition coefficient (Wildman–Crippen LogP) is 2.75. The van der Waals surface area contributed by atoms with Crippen molar-refractivity contribution in [3.05, 3.63) is 48.3 Å². The van der Waals surface area contributed by atoms with E-state index in [1.165, 1.54) is 4.90 Å². The summed E-state index contributed by atoms with van der Waals surface area (Å²) in [7, 11) is 0. The summed E-state index contributed by atoms with van der Waals surface area (Å²) in [5.41, 5.74) is 3.46. The first-order valence-corrected chi connectivity index (χ1v) is 5.31. The molecule has 84 valence electrons. The van der Waals surface area contributed by atoms with Gasteiger partial charge in [-0.3, -0.25) is 9.88 Å². The number of para-hydroxylation sites is 1. The van der Waals surface area contributed by atoms with E-state index in [1.807, 2.05) is 36.4 Å². The third-order valence-corrected chi connectivity index (χ3v) is 2.91. The average molecular weight is 226 g/mol. The Morgan fingerprint density at radius 1 is 1.18 bits per heavy atom. The third kappa shape index (κ3) is 1.45. The van der Waals surface area contributed by atoms with Gasteiger partial charge in [0.1, 0.15) is 0 Å². The van der Waals surface area contributed by atoms with Crippen molar-refractivity contribution in [3.63, 3.8) is 0 Å². The second-order valence-electron chi connectivity index (χ2n) is 3.88. The summed E-state index contributed by atoms with van der Waals surface area (Å²) in [6, 6.07) is 11.3. The number of carbonyl (C=O) groups is 1. The number of hydrogen-bond acceptors (Lipinski definition) is 2. The van der Waals surface area contributed by atoms with Gasteiger partial charge in [-0.25, -0.2) is 4.79 Å². The monoisotopic (exact) mass is 226 g/mol. The van der Waals surface area contributed by atoms with Crippen LogP contribution in [-0.2, 0) is 6.54 Å². The summed E-state index contributed by atoms with van der Waals surface area (Å²) >= 11 is 0. The summed E-state index contributed by atoms with van der Waals surface area (Å²) in [4.78, 5) is 16.8. The van der Waals surface area contributed by atoms with Crippen LogP contribution in [0.4, 0.5) is 10.5 Å². The Hall–Kier alpha value is -2.36. The van der Waals surface area contributed by atoms with E-state index in [0.717, 1.165) is 22.5 Å². The van der Waals surface area contributed by atoms with Gasteiger partial charge in [0.05, 0.1) is 17.9 Å². The molecule has 1 aliphatic heterocycles. The first-order chi connectivity index (χ1) is 8.27. The third-order valence-electron chi connectivity index (χ3n) is 2.91. The minimum atomic E-state index is -0.950. The maximum Gasteiger partial charge on any atom is 0.412 e. The lowest BCUT2D eigenvalue weighted by atomic mass is 9.97. The zero-order chi connectivity index (χ0) is 11.8. The molecule has 0 aliphatic carbocycles. The predicted molar refractivity (Wildman–Crippen MR) is 63.9 cm³/mol. The fraction of sp³-hybridized carbons (Fsp3) is 0.0769. The Kier molecular flexibility index (Phi) is 2.08. The fourth-order valence-electron chi connectivity index (χ4n) is 2.15. The number of anilines is 1. The van der Waals surface area contributed by atoms with Crippen LogP contribution in [0.3, 0.4) is 0 Å². The highest BCUT2D eigenvalue weighted by molar-refractivity contribution is 5.95. The Morgan fingerprint density at radius 3 is 2.76 bits per heavy atom. The number of benzene rings is 1. The van der Waals surface area contributed by atoms with Crippen LogP contribution in [0.15, 0.2) is 42.6 Å². The Labute approximate surface area is 98.1 Å². The SMILES string of the molecule is O=C(O)N1Cc2ncccc2-c2ccccc21. The van der Waals surface area contributed by atoms with Gasteiger partial charge in [-0.15, -0.1) is 0 Å². The van der Waals surface area contributed by atoms with E-state index in [1.54, 1.807) is 6.20 Å². The largest absolute Gasteiger partial charge is 0.465 e. The van der Waals surface area contributed by atoms with Gasteiger partial charge < -0.3 is 5.11 Å². The lowest BCUT2D eigenvalue weighted by molar-refractivity contribution is 0.201. The number of nitrogens with zero attached hydrogens (tertiary/aromatic N) is 2. The number of rotatable bonds is 0. The van der Waals surface area contributed by atoms with Crippen molar-refractivity contribution < 1.29 is 9.90 Å². The van der Waals surface area contributed by atoms with Crippen molar-refractivity contribution in [3.8, 4) is 11.1 Å². The molecule has 0 unspecified atom stereocenters. The minimum Gasteiger partial charge on any atom is -0.465 e. The van der Waals surface area contributed by atoms with Crippen molar-refractivity contribution in [2.75, 3.05) is 4.90 Å². The lowest BCUT2D eigenvalue weighted by Crippen LogP contribution is -2.32. The summed E-state index contributed by atoms with van der Waals surface area (Å²) in [5, 5.41) is 9.21. The van der Waals surface area contributed by atoms with Gasteiger partial charge in [0, 0.05) is 17.3 Å². The summed E-state index contributed by atoms with van der Waals surface area (Å²) in [6.45, 7) is 0.308. The van der Waals surface area contributed by atoms with E-state index in [-0.39, 0.29) is 0 Å². The van der Waals surface area contributed by atoms with Crippen LogP contribution in [-0.4, -0.2) is 16.2 Å². The number of hydrogen-bond donors (Lipinski definition) is 1. The second kappa shape index (κ2) is 3.59. The number of aromatic nitrogens is 1. The number of amides is 1. The molecule has 0 saturated carbocycles. The lowest BCUT2D eigenvalue weighted by Gasteiger charge is -2.28. The highest BCUT2D eigenvalue weighted by atomic mass is 16.4. The summed E-state index contributed by atoms with van der Waals surface area (Å²) < 4.78 is 0. The smallest absolute Gasteiger partial charge is 0.412 e. The molecular formula is C13H10N2O2. The zero-order valence-corrected chi connectivity index (χ0v) is 9.00. The molecule has 1 amide bonds. The summed E-state index contributed by atoms with van der Waals surface area (Å²) in [6.07, 6.45) is 0.737. The van der Waals surface area contributed by atoms with Gasteiger partial charge in [-0.2, -0.15) is 0 Å². The van der Waals surface area contributed by atoms with Gasteiger partial charge in [0.2, 0.25) is 0 Å². The van der Waals surface area contributed by atoms with Crippen LogP contribution in [0.2, 0.25) is 0 Å². The van der Waals surface area contributed by atoms with Crippen LogP contribution in [0, 0.1) is 0 Å². The fourth-order valence-corrected chi connectivity index (χ4v) is 2.15. The molecule has 1 aromatic carbocycles. The van der Waals surface area contributed by atoms with Crippen molar-refractivity contribution in [2.24, 2.45) is 0 Å². The van der Waals surface area contributed by atoms with Crippen molar-refractivity contribution in [2.45, 2.75) is 6.54 Å². The van der Waals surface area contributed by atoms with Gasteiger partial charge in [0.15, 0.2) is 0 Å². The number of pyridine rings is 1. The zero-order valence-electron chi connectivity index (χ0n) is 9.00. The van der Waals surface area contributed by atoms with Crippen molar-refractivity contribution >= 4 is 11.8 Å². The van der Waals surface area contributed by atoms with Crippen LogP contribution in [0.5, 0.6) is 0 Å². The molecule has 0 radical (unpaired) electrons. The van der Waals surface area contributed by atoms with E-state index >= 15 is 0 Å². The first-order valence-electron chi connectivity index (χ1n) is 5.31. The standard InChI is InChI=1S/C13H10N2O2/c16-13(17)15-8-11-9(5-3-7-14-11)10-4-1-2-6-12(10)15/h1-7H,8H2,(H,16,17). The second-order valence-corrected chi connectivity index (χ2v) is 3.88. The highest BCUT2D eigenvalue weighted by Crippen LogP contribution is 2.37. The van der Waals surface area contributed by atoms with Gasteiger partial charge in [-0.05, 0) is 12.1 Å². The Morgan fingerprint density at radius 2 is 1.94 bits per heavy atom. The molecule has 2 aromatic rings. The minimum absolute atomic E-state index is 0.308. The van der Waals surface area contributed by atoms with Gasteiger partial charge >= 0.3 is 6.09 Å². The molecule has 17 heavy (non-hydrogen) atoms. The maximum absolute atomic E-state index is 11.2. The molecular weight excluding hydrogens is 216 g/mol. The van der Waals surface area contributed by atoms with E-state index in [2.05, 4.69) is 4.98 Å². The number of fused-ring (bicyclic) bond motifs is 3. The van der Waals surface area contributed by atoms with E-state index in [4.69, 9.17) is 0 Å². The van der Waals surface area contributed by atoms with E-state index < -0.39 is 6.09 Å². The first kappa shape index (κ1) is 9.84.